The third-order valence-electron chi connectivity index (χ3n) is 4.43. The second-order valence-corrected chi connectivity index (χ2v) is 5.94. The first-order valence-electron chi connectivity index (χ1n) is 6.84. The van der Waals surface area contributed by atoms with Gasteiger partial charge in [0.2, 0.25) is 0 Å². The molecule has 3 unspecified atom stereocenters. The van der Waals surface area contributed by atoms with Crippen molar-refractivity contribution in [2.75, 3.05) is 6.54 Å². The standard InChI is InChI=1S/C15H20F3NO/c1-10-6-7-14(8-10,9-19)13(20)11-2-4-12(5-3-11)15(16,17)18/h2-5,10,13,20H,6-9,19H2,1H3. The van der Waals surface area contributed by atoms with Crippen LogP contribution in [0.2, 0.25) is 0 Å². The zero-order chi connectivity index (χ0) is 15.0. The fourth-order valence-corrected chi connectivity index (χ4v) is 3.19. The summed E-state index contributed by atoms with van der Waals surface area (Å²) in [5.74, 6) is 0.489. The van der Waals surface area contributed by atoms with Crippen molar-refractivity contribution in [3.8, 4) is 0 Å². The molecule has 1 saturated carbocycles. The minimum absolute atomic E-state index is 0.347. The van der Waals surface area contributed by atoms with E-state index in [0.717, 1.165) is 31.4 Å². The topological polar surface area (TPSA) is 46.2 Å². The van der Waals surface area contributed by atoms with Gasteiger partial charge in [0, 0.05) is 12.0 Å². The van der Waals surface area contributed by atoms with E-state index in [1.807, 2.05) is 0 Å². The summed E-state index contributed by atoms with van der Waals surface area (Å²) in [5.41, 5.74) is 5.24. The van der Waals surface area contributed by atoms with Crippen LogP contribution in [0.5, 0.6) is 0 Å². The number of alkyl halides is 3. The Kier molecular flexibility index (Phi) is 4.12. The van der Waals surface area contributed by atoms with Gasteiger partial charge in [0.15, 0.2) is 0 Å². The molecule has 5 heteroatoms. The van der Waals surface area contributed by atoms with E-state index in [0.29, 0.717) is 18.0 Å². The fourth-order valence-electron chi connectivity index (χ4n) is 3.19. The first-order chi connectivity index (χ1) is 9.28. The van der Waals surface area contributed by atoms with E-state index < -0.39 is 23.3 Å². The summed E-state index contributed by atoms with van der Waals surface area (Å²) in [4.78, 5) is 0. The molecule has 2 rings (SSSR count). The Morgan fingerprint density at radius 2 is 1.95 bits per heavy atom. The summed E-state index contributed by atoms with van der Waals surface area (Å²) in [5, 5.41) is 10.5. The van der Waals surface area contributed by atoms with Gasteiger partial charge >= 0.3 is 6.18 Å². The maximum atomic E-state index is 12.5. The van der Waals surface area contributed by atoms with Crippen molar-refractivity contribution < 1.29 is 18.3 Å². The zero-order valence-corrected chi connectivity index (χ0v) is 11.5. The van der Waals surface area contributed by atoms with Gasteiger partial charge in [-0.3, -0.25) is 0 Å². The van der Waals surface area contributed by atoms with Crippen molar-refractivity contribution >= 4 is 0 Å². The molecule has 0 heterocycles. The number of halogens is 3. The summed E-state index contributed by atoms with van der Waals surface area (Å²) < 4.78 is 37.6. The van der Waals surface area contributed by atoms with Crippen LogP contribution in [-0.4, -0.2) is 11.7 Å². The molecular weight excluding hydrogens is 267 g/mol. The SMILES string of the molecule is CC1CCC(CN)(C(O)c2ccc(C(F)(F)F)cc2)C1. The second-order valence-electron chi connectivity index (χ2n) is 5.94. The molecule has 0 bridgehead atoms. The van der Waals surface area contributed by atoms with Gasteiger partial charge in [0.1, 0.15) is 0 Å². The summed E-state index contributed by atoms with van der Waals surface area (Å²) in [6, 6.07) is 4.74. The van der Waals surface area contributed by atoms with E-state index in [9.17, 15) is 18.3 Å². The van der Waals surface area contributed by atoms with Crippen LogP contribution in [0, 0.1) is 11.3 Å². The van der Waals surface area contributed by atoms with E-state index in [1.54, 1.807) is 0 Å². The van der Waals surface area contributed by atoms with Gasteiger partial charge < -0.3 is 10.8 Å². The number of aliphatic hydroxyl groups excluding tert-OH is 1. The Balaban J connectivity index is 2.22. The van der Waals surface area contributed by atoms with Crippen LogP contribution < -0.4 is 5.73 Å². The minimum atomic E-state index is -4.35. The maximum absolute atomic E-state index is 12.5. The molecular formula is C15H20F3NO. The average Bonchev–Trinajstić information content (AvgIpc) is 2.80. The molecule has 0 amide bonds. The predicted octanol–water partition coefficient (Wildman–Crippen LogP) is 3.50. The maximum Gasteiger partial charge on any atom is 0.416 e. The average molecular weight is 287 g/mol. The molecule has 112 valence electrons. The van der Waals surface area contributed by atoms with Crippen molar-refractivity contribution in [2.24, 2.45) is 17.1 Å². The summed E-state index contributed by atoms with van der Waals surface area (Å²) >= 11 is 0. The molecule has 0 aliphatic heterocycles. The van der Waals surface area contributed by atoms with Gasteiger partial charge in [-0.25, -0.2) is 0 Å². The highest BCUT2D eigenvalue weighted by atomic mass is 19.4. The van der Waals surface area contributed by atoms with Gasteiger partial charge in [-0.05, 0) is 36.5 Å². The quantitative estimate of drug-likeness (QED) is 0.893. The van der Waals surface area contributed by atoms with E-state index >= 15 is 0 Å². The lowest BCUT2D eigenvalue weighted by Gasteiger charge is -2.33. The monoisotopic (exact) mass is 287 g/mol. The van der Waals surface area contributed by atoms with Gasteiger partial charge in [0.25, 0.3) is 0 Å². The Morgan fingerprint density at radius 1 is 1.35 bits per heavy atom. The van der Waals surface area contributed by atoms with Crippen molar-refractivity contribution in [3.05, 3.63) is 35.4 Å². The van der Waals surface area contributed by atoms with Crippen molar-refractivity contribution in [1.82, 2.24) is 0 Å². The first-order valence-corrected chi connectivity index (χ1v) is 6.84. The lowest BCUT2D eigenvalue weighted by Crippen LogP contribution is -2.34. The smallest absolute Gasteiger partial charge is 0.388 e. The molecule has 3 N–H and O–H groups in total. The van der Waals surface area contributed by atoms with Gasteiger partial charge in [-0.1, -0.05) is 25.5 Å². The Morgan fingerprint density at radius 3 is 2.35 bits per heavy atom. The molecule has 0 radical (unpaired) electrons. The van der Waals surface area contributed by atoms with Crippen LogP contribution >= 0.6 is 0 Å². The van der Waals surface area contributed by atoms with Gasteiger partial charge in [-0.15, -0.1) is 0 Å². The lowest BCUT2D eigenvalue weighted by atomic mass is 9.76. The zero-order valence-electron chi connectivity index (χ0n) is 11.5. The molecule has 0 spiro atoms. The molecule has 20 heavy (non-hydrogen) atoms. The first kappa shape index (κ1) is 15.3. The van der Waals surface area contributed by atoms with Gasteiger partial charge in [-0.2, -0.15) is 13.2 Å². The number of hydrogen-bond acceptors (Lipinski definition) is 2. The molecule has 1 aliphatic carbocycles. The van der Waals surface area contributed by atoms with Crippen LogP contribution in [0.4, 0.5) is 13.2 Å². The Bertz CT molecular complexity index is 457. The van der Waals surface area contributed by atoms with E-state index in [1.165, 1.54) is 12.1 Å². The van der Waals surface area contributed by atoms with Crippen molar-refractivity contribution in [2.45, 2.75) is 38.5 Å². The highest BCUT2D eigenvalue weighted by molar-refractivity contribution is 5.27. The highest BCUT2D eigenvalue weighted by Gasteiger charge is 2.43. The fraction of sp³-hybridized carbons (Fsp3) is 0.600. The molecule has 0 aromatic heterocycles. The Labute approximate surface area is 116 Å². The van der Waals surface area contributed by atoms with Crippen LogP contribution in [-0.2, 0) is 6.18 Å². The predicted molar refractivity (Wildman–Crippen MR) is 70.9 cm³/mol. The number of nitrogens with two attached hydrogens (primary N) is 1. The van der Waals surface area contributed by atoms with Crippen LogP contribution in [0.1, 0.15) is 43.4 Å². The molecule has 1 aliphatic rings. The van der Waals surface area contributed by atoms with E-state index in [4.69, 9.17) is 5.73 Å². The number of benzene rings is 1. The van der Waals surface area contributed by atoms with Crippen LogP contribution in [0.25, 0.3) is 0 Å². The summed E-state index contributed by atoms with van der Waals surface area (Å²) in [6.45, 7) is 2.45. The molecule has 3 atom stereocenters. The van der Waals surface area contributed by atoms with Crippen molar-refractivity contribution in [3.63, 3.8) is 0 Å². The third-order valence-corrected chi connectivity index (χ3v) is 4.43. The van der Waals surface area contributed by atoms with Crippen LogP contribution in [0.15, 0.2) is 24.3 Å². The van der Waals surface area contributed by atoms with Crippen LogP contribution in [0.3, 0.4) is 0 Å². The normalized spacial score (nSPS) is 28.6. The number of aliphatic hydroxyl groups is 1. The largest absolute Gasteiger partial charge is 0.416 e. The number of hydrogen-bond donors (Lipinski definition) is 2. The minimum Gasteiger partial charge on any atom is -0.388 e. The molecule has 1 aromatic rings. The Hall–Kier alpha value is -1.07. The number of rotatable bonds is 3. The molecule has 0 saturated heterocycles. The van der Waals surface area contributed by atoms with Gasteiger partial charge in [0.05, 0.1) is 11.7 Å². The third kappa shape index (κ3) is 2.83. The van der Waals surface area contributed by atoms with Crippen molar-refractivity contribution in [1.29, 1.82) is 0 Å². The summed E-state index contributed by atoms with van der Waals surface area (Å²) in [7, 11) is 0. The lowest BCUT2D eigenvalue weighted by molar-refractivity contribution is -0.137. The van der Waals surface area contributed by atoms with E-state index in [-0.39, 0.29) is 0 Å². The molecule has 1 aromatic carbocycles. The summed E-state index contributed by atoms with van der Waals surface area (Å²) in [6.07, 6.45) is -2.54. The second kappa shape index (κ2) is 5.37. The highest BCUT2D eigenvalue weighted by Crippen LogP contribution is 2.49. The molecule has 1 fully saturated rings. The van der Waals surface area contributed by atoms with E-state index in [2.05, 4.69) is 6.92 Å². The molecule has 2 nitrogen and oxygen atoms in total.